The normalized spacial score (nSPS) is 11.6. The van der Waals surface area contributed by atoms with Crippen LogP contribution in [0.5, 0.6) is 0 Å². The Morgan fingerprint density at radius 1 is 1.53 bits per heavy atom. The van der Waals surface area contributed by atoms with E-state index in [1.54, 1.807) is 10.8 Å². The average Bonchev–Trinajstić information content (AvgIpc) is 2.70. The number of nitrogens with zero attached hydrogens (tertiary/aromatic N) is 1. The first-order valence-electron chi connectivity index (χ1n) is 5.02. The van der Waals surface area contributed by atoms with Crippen molar-refractivity contribution >= 4 is 10.9 Å². The molecule has 2 aromatic heterocycles. The first kappa shape index (κ1) is 9.77. The lowest BCUT2D eigenvalue weighted by Gasteiger charge is -2.04. The molecule has 0 spiro atoms. The van der Waals surface area contributed by atoms with Crippen molar-refractivity contribution in [2.24, 2.45) is 0 Å². The number of H-pyrrole nitrogens is 1. The predicted octanol–water partition coefficient (Wildman–Crippen LogP) is 2.21. The molecular weight excluding hydrogens is 188 g/mol. The fraction of sp³-hybridized carbons (Fsp3) is 0.250. The molecule has 0 radical (unpaired) electrons. The fourth-order valence-corrected chi connectivity index (χ4v) is 1.74. The van der Waals surface area contributed by atoms with Crippen molar-refractivity contribution in [2.45, 2.75) is 20.4 Å². The van der Waals surface area contributed by atoms with Crippen LogP contribution in [0.2, 0.25) is 0 Å². The summed E-state index contributed by atoms with van der Waals surface area (Å²) in [5.41, 5.74) is 1.86. The molecule has 0 saturated carbocycles. The third kappa shape index (κ3) is 1.61. The van der Waals surface area contributed by atoms with Crippen molar-refractivity contribution in [3.63, 3.8) is 0 Å². The third-order valence-electron chi connectivity index (χ3n) is 2.53. The second kappa shape index (κ2) is 3.77. The molecule has 3 heteroatoms. The highest BCUT2D eigenvalue weighted by Gasteiger charge is 2.05. The van der Waals surface area contributed by atoms with Crippen molar-refractivity contribution in [1.82, 2.24) is 9.55 Å². The van der Waals surface area contributed by atoms with Gasteiger partial charge in [0.05, 0.1) is 0 Å². The number of nitrogens with one attached hydrogen (secondary N) is 1. The predicted molar refractivity (Wildman–Crippen MR) is 62.1 cm³/mol. The van der Waals surface area contributed by atoms with E-state index in [2.05, 4.69) is 4.98 Å². The summed E-state index contributed by atoms with van der Waals surface area (Å²) in [7, 11) is 0. The van der Waals surface area contributed by atoms with Gasteiger partial charge in [0.1, 0.15) is 5.52 Å². The van der Waals surface area contributed by atoms with Gasteiger partial charge in [0.15, 0.2) is 0 Å². The van der Waals surface area contributed by atoms with Crippen molar-refractivity contribution in [3.8, 4) is 0 Å². The van der Waals surface area contributed by atoms with Crippen LogP contribution in [0.1, 0.15) is 12.5 Å². The van der Waals surface area contributed by atoms with Gasteiger partial charge < -0.3 is 9.55 Å². The Kier molecular flexibility index (Phi) is 2.46. The Balaban J connectivity index is 2.66. The third-order valence-corrected chi connectivity index (χ3v) is 2.53. The number of allylic oxidation sites excluding steroid dienone is 2. The first-order valence-corrected chi connectivity index (χ1v) is 5.02. The minimum atomic E-state index is 0.0405. The zero-order chi connectivity index (χ0) is 10.8. The van der Waals surface area contributed by atoms with Crippen molar-refractivity contribution in [2.75, 3.05) is 0 Å². The van der Waals surface area contributed by atoms with Gasteiger partial charge in [-0.3, -0.25) is 4.79 Å². The minimum Gasteiger partial charge on any atom is -0.357 e. The second-order valence-corrected chi connectivity index (χ2v) is 3.61. The lowest BCUT2D eigenvalue weighted by atomic mass is 10.2. The quantitative estimate of drug-likeness (QED) is 0.745. The van der Waals surface area contributed by atoms with E-state index in [9.17, 15) is 4.79 Å². The summed E-state index contributed by atoms with van der Waals surface area (Å²) in [5, 5.41) is 1.01. The summed E-state index contributed by atoms with van der Waals surface area (Å²) in [4.78, 5) is 14.9. The van der Waals surface area contributed by atoms with Gasteiger partial charge in [-0.25, -0.2) is 0 Å². The Labute approximate surface area is 88.0 Å². The van der Waals surface area contributed by atoms with E-state index in [1.165, 1.54) is 0 Å². The molecular formula is C12H14N2O. The van der Waals surface area contributed by atoms with Crippen LogP contribution in [-0.2, 0) is 6.54 Å². The Hall–Kier alpha value is -1.77. The number of fused-ring (bicyclic) bond motifs is 1. The molecule has 1 N–H and O–H groups in total. The van der Waals surface area contributed by atoms with E-state index in [-0.39, 0.29) is 5.56 Å². The molecule has 15 heavy (non-hydrogen) atoms. The van der Waals surface area contributed by atoms with E-state index in [0.29, 0.717) is 12.1 Å². The molecule has 0 aromatic carbocycles. The number of hydrogen-bond acceptors (Lipinski definition) is 1. The lowest BCUT2D eigenvalue weighted by Crippen LogP contribution is -2.19. The van der Waals surface area contributed by atoms with Crippen LogP contribution in [-0.4, -0.2) is 9.55 Å². The Morgan fingerprint density at radius 2 is 2.33 bits per heavy atom. The number of hydrogen-bond donors (Lipinski definition) is 1. The van der Waals surface area contributed by atoms with Crippen molar-refractivity contribution < 1.29 is 0 Å². The van der Waals surface area contributed by atoms with Crippen LogP contribution in [0.4, 0.5) is 0 Å². The molecule has 0 bridgehead atoms. The number of aromatic nitrogens is 2. The molecule has 2 aromatic rings. The van der Waals surface area contributed by atoms with Gasteiger partial charge in [-0.1, -0.05) is 12.2 Å². The number of rotatable bonds is 2. The zero-order valence-electron chi connectivity index (χ0n) is 8.95. The van der Waals surface area contributed by atoms with E-state index in [0.717, 1.165) is 10.9 Å². The second-order valence-electron chi connectivity index (χ2n) is 3.61. The van der Waals surface area contributed by atoms with E-state index < -0.39 is 0 Å². The molecule has 0 aliphatic rings. The van der Waals surface area contributed by atoms with Gasteiger partial charge in [0.2, 0.25) is 0 Å². The molecule has 3 nitrogen and oxygen atoms in total. The van der Waals surface area contributed by atoms with Gasteiger partial charge in [-0.15, -0.1) is 0 Å². The lowest BCUT2D eigenvalue weighted by molar-refractivity contribution is 0.781. The highest BCUT2D eigenvalue weighted by atomic mass is 16.1. The molecule has 0 unspecified atom stereocenters. The van der Waals surface area contributed by atoms with Gasteiger partial charge in [0, 0.05) is 24.3 Å². The summed E-state index contributed by atoms with van der Waals surface area (Å²) in [6.07, 6.45) is 7.62. The molecule has 0 aliphatic heterocycles. The highest BCUT2D eigenvalue weighted by molar-refractivity contribution is 5.81. The smallest absolute Gasteiger partial charge is 0.275 e. The SMILES string of the molecule is C/C=C/Cn1cc(C)c2cc[nH]c2c1=O. The Morgan fingerprint density at radius 3 is 3.07 bits per heavy atom. The molecule has 0 aliphatic carbocycles. The van der Waals surface area contributed by atoms with E-state index in [4.69, 9.17) is 0 Å². The van der Waals surface area contributed by atoms with Gasteiger partial charge in [-0.2, -0.15) is 0 Å². The summed E-state index contributed by atoms with van der Waals surface area (Å²) < 4.78 is 1.72. The number of aromatic amines is 1. The van der Waals surface area contributed by atoms with Crippen molar-refractivity contribution in [3.05, 3.63) is 46.5 Å². The monoisotopic (exact) mass is 202 g/mol. The summed E-state index contributed by atoms with van der Waals surface area (Å²) in [6.45, 7) is 4.60. The molecule has 78 valence electrons. The molecule has 0 atom stereocenters. The van der Waals surface area contributed by atoms with Gasteiger partial charge in [0.25, 0.3) is 5.56 Å². The maximum Gasteiger partial charge on any atom is 0.275 e. The van der Waals surface area contributed by atoms with Gasteiger partial charge in [-0.05, 0) is 25.5 Å². The average molecular weight is 202 g/mol. The van der Waals surface area contributed by atoms with Crippen LogP contribution in [0.25, 0.3) is 10.9 Å². The molecule has 2 rings (SSSR count). The molecule has 0 fully saturated rings. The zero-order valence-corrected chi connectivity index (χ0v) is 8.95. The van der Waals surface area contributed by atoms with Crippen LogP contribution in [0.3, 0.4) is 0 Å². The topological polar surface area (TPSA) is 37.8 Å². The molecule has 2 heterocycles. The maximum atomic E-state index is 11.9. The minimum absolute atomic E-state index is 0.0405. The molecule has 0 saturated heterocycles. The standard InChI is InChI=1S/C12H14N2O/c1-3-4-7-14-8-9(2)10-5-6-13-11(10)12(14)15/h3-6,8,13H,7H2,1-2H3/b4-3+. The number of aryl methyl sites for hydroxylation is 1. The maximum absolute atomic E-state index is 11.9. The van der Waals surface area contributed by atoms with Gasteiger partial charge >= 0.3 is 0 Å². The van der Waals surface area contributed by atoms with E-state index >= 15 is 0 Å². The summed E-state index contributed by atoms with van der Waals surface area (Å²) >= 11 is 0. The van der Waals surface area contributed by atoms with Crippen LogP contribution >= 0.6 is 0 Å². The van der Waals surface area contributed by atoms with Crippen LogP contribution < -0.4 is 5.56 Å². The highest BCUT2D eigenvalue weighted by Crippen LogP contribution is 2.12. The van der Waals surface area contributed by atoms with Crippen molar-refractivity contribution in [1.29, 1.82) is 0 Å². The Bertz CT molecular complexity index is 560. The van der Waals surface area contributed by atoms with Crippen LogP contribution in [0, 0.1) is 6.92 Å². The fourth-order valence-electron chi connectivity index (χ4n) is 1.74. The summed E-state index contributed by atoms with van der Waals surface area (Å²) in [5.74, 6) is 0. The summed E-state index contributed by atoms with van der Waals surface area (Å²) in [6, 6.07) is 1.94. The first-order chi connectivity index (χ1) is 7.24. The van der Waals surface area contributed by atoms with E-state index in [1.807, 2.05) is 38.3 Å². The molecule has 0 amide bonds. The van der Waals surface area contributed by atoms with Crippen LogP contribution in [0.15, 0.2) is 35.4 Å². The number of pyridine rings is 1. The largest absolute Gasteiger partial charge is 0.357 e.